The first-order valence-electron chi connectivity index (χ1n) is 7.11. The van der Waals surface area contributed by atoms with Gasteiger partial charge >= 0.3 is 0 Å². The molecule has 1 aromatic rings. The van der Waals surface area contributed by atoms with Crippen LogP contribution in [0.4, 0.5) is 0 Å². The maximum Gasteiger partial charge on any atom is 0.227 e. The lowest BCUT2D eigenvalue weighted by atomic mass is 10.0. The highest BCUT2D eigenvalue weighted by Crippen LogP contribution is 2.17. The molecule has 4 nitrogen and oxygen atoms in total. The molecule has 0 aromatic heterocycles. The van der Waals surface area contributed by atoms with E-state index >= 15 is 0 Å². The minimum Gasteiger partial charge on any atom is -0.340 e. The van der Waals surface area contributed by atoms with Crippen LogP contribution in [0.15, 0.2) is 28.7 Å². The Kier molecular flexibility index (Phi) is 5.02. The largest absolute Gasteiger partial charge is 0.340 e. The number of carbonyl (C=O) groups excluding carboxylic acids is 1. The molecule has 0 spiro atoms. The molecule has 1 aromatic carbocycles. The topological polar surface area (TPSA) is 47.3 Å². The van der Waals surface area contributed by atoms with Gasteiger partial charge in [-0.2, -0.15) is 5.26 Å². The van der Waals surface area contributed by atoms with Crippen molar-refractivity contribution in [2.24, 2.45) is 0 Å². The molecule has 0 N–H and O–H groups in total. The normalized spacial score (nSPS) is 16.6. The van der Waals surface area contributed by atoms with Crippen LogP contribution in [-0.4, -0.2) is 47.4 Å². The zero-order chi connectivity index (χ0) is 15.5. The van der Waals surface area contributed by atoms with Crippen LogP contribution in [0.2, 0.25) is 0 Å². The van der Waals surface area contributed by atoms with Crippen molar-refractivity contribution < 1.29 is 4.79 Å². The fraction of sp³-hybridized carbons (Fsp3) is 0.500. The maximum atomic E-state index is 12.3. The maximum absolute atomic E-state index is 12.3. The highest BCUT2D eigenvalue weighted by atomic mass is 79.9. The van der Waals surface area contributed by atoms with Gasteiger partial charge in [0, 0.05) is 30.7 Å². The first-order chi connectivity index (χ1) is 9.92. The van der Waals surface area contributed by atoms with E-state index in [-0.39, 0.29) is 5.91 Å². The summed E-state index contributed by atoms with van der Waals surface area (Å²) in [6.45, 7) is 6.75. The first-order valence-corrected chi connectivity index (χ1v) is 7.90. The van der Waals surface area contributed by atoms with Crippen LogP contribution in [-0.2, 0) is 11.2 Å². The summed E-state index contributed by atoms with van der Waals surface area (Å²) in [5, 5.41) is 9.16. The van der Waals surface area contributed by atoms with E-state index in [9.17, 15) is 4.79 Å². The second-order valence-corrected chi connectivity index (χ2v) is 6.76. The van der Waals surface area contributed by atoms with Gasteiger partial charge in [0.05, 0.1) is 12.5 Å². The van der Waals surface area contributed by atoms with Crippen molar-refractivity contribution >= 4 is 21.8 Å². The number of nitrogens with zero attached hydrogens (tertiary/aromatic N) is 3. The second kappa shape index (κ2) is 6.59. The number of hydrogen-bond donors (Lipinski definition) is 0. The molecule has 1 aliphatic rings. The van der Waals surface area contributed by atoms with Crippen molar-refractivity contribution in [2.45, 2.75) is 25.8 Å². The van der Waals surface area contributed by atoms with Crippen molar-refractivity contribution in [3.8, 4) is 6.07 Å². The molecule has 0 saturated carbocycles. The lowest BCUT2D eigenvalue weighted by molar-refractivity contribution is -0.132. The molecule has 1 aliphatic heterocycles. The molecule has 0 bridgehead atoms. The van der Waals surface area contributed by atoms with Crippen LogP contribution in [0.1, 0.15) is 19.4 Å². The van der Waals surface area contributed by atoms with Gasteiger partial charge in [0.1, 0.15) is 5.54 Å². The van der Waals surface area contributed by atoms with Gasteiger partial charge in [0.15, 0.2) is 0 Å². The molecule has 0 atom stereocenters. The van der Waals surface area contributed by atoms with Crippen LogP contribution >= 0.6 is 15.9 Å². The van der Waals surface area contributed by atoms with Crippen molar-refractivity contribution in [3.05, 3.63) is 34.3 Å². The number of nitriles is 1. The predicted molar refractivity (Wildman–Crippen MR) is 85.7 cm³/mol. The van der Waals surface area contributed by atoms with Crippen LogP contribution in [0.3, 0.4) is 0 Å². The monoisotopic (exact) mass is 349 g/mol. The molecule has 0 aliphatic carbocycles. The lowest BCUT2D eigenvalue weighted by Crippen LogP contribution is -2.55. The van der Waals surface area contributed by atoms with E-state index in [1.54, 1.807) is 0 Å². The summed E-state index contributed by atoms with van der Waals surface area (Å²) in [6.07, 6.45) is 0.439. The van der Waals surface area contributed by atoms with Gasteiger partial charge in [-0.3, -0.25) is 9.69 Å². The predicted octanol–water partition coefficient (Wildman–Crippen LogP) is 2.44. The fourth-order valence-corrected chi connectivity index (χ4v) is 2.74. The molecule has 1 saturated heterocycles. The lowest BCUT2D eigenvalue weighted by Gasteiger charge is -2.40. The Morgan fingerprint density at radius 2 is 1.81 bits per heavy atom. The third-order valence-electron chi connectivity index (χ3n) is 3.97. The van der Waals surface area contributed by atoms with Crippen LogP contribution in [0.25, 0.3) is 0 Å². The van der Waals surface area contributed by atoms with Gasteiger partial charge < -0.3 is 4.90 Å². The summed E-state index contributed by atoms with van der Waals surface area (Å²) < 4.78 is 1.02. The summed E-state index contributed by atoms with van der Waals surface area (Å²) in [4.78, 5) is 16.3. The average molecular weight is 350 g/mol. The summed E-state index contributed by atoms with van der Waals surface area (Å²) in [5.74, 6) is 0.159. The van der Waals surface area contributed by atoms with E-state index in [0.717, 1.165) is 23.1 Å². The second-order valence-electron chi connectivity index (χ2n) is 5.84. The molecular weight excluding hydrogens is 330 g/mol. The Bertz CT molecular complexity index is 540. The van der Waals surface area contributed by atoms with E-state index in [1.807, 2.05) is 43.0 Å². The van der Waals surface area contributed by atoms with Crippen molar-refractivity contribution in [2.75, 3.05) is 26.2 Å². The summed E-state index contributed by atoms with van der Waals surface area (Å²) in [7, 11) is 0. The quantitative estimate of drug-likeness (QED) is 0.841. The number of piperazine rings is 1. The fourth-order valence-electron chi connectivity index (χ4n) is 2.47. The molecule has 1 heterocycles. The number of carbonyl (C=O) groups is 1. The van der Waals surface area contributed by atoms with Crippen LogP contribution in [0.5, 0.6) is 0 Å². The van der Waals surface area contributed by atoms with Crippen molar-refractivity contribution in [1.82, 2.24) is 9.80 Å². The van der Waals surface area contributed by atoms with Gasteiger partial charge in [0.25, 0.3) is 0 Å². The first kappa shape index (κ1) is 16.0. The molecule has 5 heteroatoms. The van der Waals surface area contributed by atoms with Gasteiger partial charge in [-0.1, -0.05) is 28.1 Å². The summed E-state index contributed by atoms with van der Waals surface area (Å²) in [5.41, 5.74) is 0.573. The average Bonchev–Trinajstić information content (AvgIpc) is 2.49. The van der Waals surface area contributed by atoms with Gasteiger partial charge in [0.2, 0.25) is 5.91 Å². The standard InChI is InChI=1S/C16H20BrN3O/c1-16(2,12-18)20-9-7-19(8-10-20)15(21)11-13-3-5-14(17)6-4-13/h3-6H,7-11H2,1-2H3. The Labute approximate surface area is 134 Å². The third kappa shape index (κ3) is 4.05. The highest BCUT2D eigenvalue weighted by Gasteiger charge is 2.30. The number of halogens is 1. The number of amides is 1. The number of hydrogen-bond acceptors (Lipinski definition) is 3. The summed E-state index contributed by atoms with van der Waals surface area (Å²) in [6, 6.07) is 10.2. The number of benzene rings is 1. The summed E-state index contributed by atoms with van der Waals surface area (Å²) >= 11 is 3.39. The third-order valence-corrected chi connectivity index (χ3v) is 4.49. The van der Waals surface area contributed by atoms with Crippen LogP contribution in [0, 0.1) is 11.3 Å². The van der Waals surface area contributed by atoms with E-state index < -0.39 is 5.54 Å². The van der Waals surface area contributed by atoms with Crippen LogP contribution < -0.4 is 0 Å². The Hall–Kier alpha value is -1.38. The molecule has 21 heavy (non-hydrogen) atoms. The molecular formula is C16H20BrN3O. The highest BCUT2D eigenvalue weighted by molar-refractivity contribution is 9.10. The van der Waals surface area contributed by atoms with Gasteiger partial charge in [-0.15, -0.1) is 0 Å². The SMILES string of the molecule is CC(C)(C#N)N1CCN(C(=O)Cc2ccc(Br)cc2)CC1. The molecule has 0 radical (unpaired) electrons. The van der Waals surface area contributed by atoms with Gasteiger partial charge in [-0.05, 0) is 31.5 Å². The molecule has 2 rings (SSSR count). The molecule has 1 fully saturated rings. The Morgan fingerprint density at radius 1 is 1.24 bits per heavy atom. The minimum absolute atomic E-state index is 0.159. The van der Waals surface area contributed by atoms with Gasteiger partial charge in [-0.25, -0.2) is 0 Å². The minimum atomic E-state index is -0.457. The number of rotatable bonds is 3. The van der Waals surface area contributed by atoms with E-state index in [0.29, 0.717) is 19.5 Å². The molecule has 1 amide bonds. The Balaban J connectivity index is 1.89. The molecule has 0 unspecified atom stereocenters. The smallest absolute Gasteiger partial charge is 0.227 e. The van der Waals surface area contributed by atoms with Crippen molar-refractivity contribution in [3.63, 3.8) is 0 Å². The van der Waals surface area contributed by atoms with E-state index in [4.69, 9.17) is 5.26 Å². The van der Waals surface area contributed by atoms with Crippen molar-refractivity contribution in [1.29, 1.82) is 5.26 Å². The molecule has 112 valence electrons. The van der Waals surface area contributed by atoms with E-state index in [2.05, 4.69) is 26.9 Å². The Morgan fingerprint density at radius 3 is 2.33 bits per heavy atom. The van der Waals surface area contributed by atoms with E-state index in [1.165, 1.54) is 0 Å². The zero-order valence-electron chi connectivity index (χ0n) is 12.5. The zero-order valence-corrected chi connectivity index (χ0v) is 14.1.